The normalized spacial score (nSPS) is 13.0. The summed E-state index contributed by atoms with van der Waals surface area (Å²) in [4.78, 5) is -0.142. The summed E-state index contributed by atoms with van der Waals surface area (Å²) in [5.74, 6) is 0. The van der Waals surface area contributed by atoms with E-state index in [0.717, 1.165) is 5.56 Å². The van der Waals surface area contributed by atoms with E-state index >= 15 is 0 Å². The summed E-state index contributed by atoms with van der Waals surface area (Å²) in [5, 5.41) is 11.4. The van der Waals surface area contributed by atoms with Crippen LogP contribution in [0.5, 0.6) is 0 Å². The summed E-state index contributed by atoms with van der Waals surface area (Å²) in [7, 11) is -4.40. The van der Waals surface area contributed by atoms with Gasteiger partial charge in [-0.25, -0.2) is 8.42 Å². The van der Waals surface area contributed by atoms with Gasteiger partial charge < -0.3 is 5.32 Å². The molecule has 0 aliphatic carbocycles. The van der Waals surface area contributed by atoms with Gasteiger partial charge in [0, 0.05) is 18.7 Å². The van der Waals surface area contributed by atoms with E-state index in [9.17, 15) is 21.6 Å². The van der Waals surface area contributed by atoms with E-state index in [4.69, 9.17) is 5.26 Å². The smallest absolute Gasteiger partial charge is 0.383 e. The Morgan fingerprint density at radius 3 is 2.27 bits per heavy atom. The third-order valence-electron chi connectivity index (χ3n) is 4.59. The molecule has 0 heterocycles. The minimum atomic E-state index is -4.80. The number of alkyl halides is 3. The lowest BCUT2D eigenvalue weighted by Crippen LogP contribution is -2.49. The minimum absolute atomic E-state index is 0.142. The Morgan fingerprint density at radius 1 is 1.10 bits per heavy atom. The third kappa shape index (κ3) is 5.97. The first-order chi connectivity index (χ1) is 14.0. The predicted molar refractivity (Wildman–Crippen MR) is 110 cm³/mol. The van der Waals surface area contributed by atoms with E-state index in [0.29, 0.717) is 28.8 Å². The molecule has 0 spiro atoms. The first-order valence-corrected chi connectivity index (χ1v) is 10.8. The number of anilines is 1. The largest absolute Gasteiger partial charge is 0.406 e. The van der Waals surface area contributed by atoms with Gasteiger partial charge in [0.2, 0.25) is 10.0 Å². The molecule has 162 valence electrons. The Bertz CT molecular complexity index is 1020. The summed E-state index contributed by atoms with van der Waals surface area (Å²) in [5.41, 5.74) is 2.72. The van der Waals surface area contributed by atoms with E-state index < -0.39 is 28.8 Å². The SMILES string of the molecule is Cc1cc(C)c(S(=O)(=O)NC(CNc2ccccc2CCC#N)C(F)(F)F)c(C)c1. The average molecular weight is 440 g/mol. The van der Waals surface area contributed by atoms with Crippen molar-refractivity contribution in [2.45, 2.75) is 50.7 Å². The molecule has 5 nitrogen and oxygen atoms in total. The van der Waals surface area contributed by atoms with Crippen molar-refractivity contribution in [1.29, 1.82) is 5.26 Å². The van der Waals surface area contributed by atoms with Crippen LogP contribution >= 0.6 is 0 Å². The standard InChI is InChI=1S/C21H24F3N3O2S/c1-14-11-15(2)20(16(3)12-14)30(28,29)27-19(21(22,23)24)13-26-18-9-5-4-7-17(18)8-6-10-25/h4-5,7,9,11-12,19,26-27H,6,8,13H2,1-3H3. The topological polar surface area (TPSA) is 82.0 Å². The Kier molecular flexibility index (Phi) is 7.50. The van der Waals surface area contributed by atoms with Crippen molar-refractivity contribution >= 4 is 15.7 Å². The van der Waals surface area contributed by atoms with E-state index in [2.05, 4.69) is 5.32 Å². The van der Waals surface area contributed by atoms with Crippen LogP contribution in [0.4, 0.5) is 18.9 Å². The van der Waals surface area contributed by atoms with Crippen LogP contribution in [0.25, 0.3) is 0 Å². The molecule has 2 rings (SSSR count). The molecule has 0 saturated carbocycles. The molecule has 1 unspecified atom stereocenters. The molecular formula is C21H24F3N3O2S. The van der Waals surface area contributed by atoms with Crippen LogP contribution in [0.1, 0.15) is 28.7 Å². The second-order valence-corrected chi connectivity index (χ2v) is 8.79. The maximum atomic E-state index is 13.6. The monoisotopic (exact) mass is 439 g/mol. The van der Waals surface area contributed by atoms with Crippen molar-refractivity contribution < 1.29 is 21.6 Å². The van der Waals surface area contributed by atoms with Crippen molar-refractivity contribution in [2.24, 2.45) is 0 Å². The third-order valence-corrected chi connectivity index (χ3v) is 6.36. The number of sulfonamides is 1. The highest BCUT2D eigenvalue weighted by Gasteiger charge is 2.42. The van der Waals surface area contributed by atoms with Gasteiger partial charge in [0.05, 0.1) is 11.0 Å². The molecule has 0 amide bonds. The molecule has 0 aliphatic heterocycles. The zero-order chi connectivity index (χ0) is 22.5. The van der Waals surface area contributed by atoms with Gasteiger partial charge >= 0.3 is 6.18 Å². The molecule has 2 N–H and O–H groups in total. The Balaban J connectivity index is 2.28. The molecule has 0 bridgehead atoms. The summed E-state index contributed by atoms with van der Waals surface area (Å²) < 4.78 is 68.3. The van der Waals surface area contributed by atoms with Crippen molar-refractivity contribution in [3.8, 4) is 6.07 Å². The lowest BCUT2D eigenvalue weighted by molar-refractivity contribution is -0.148. The number of nitriles is 1. The van der Waals surface area contributed by atoms with Crippen LogP contribution in [0.15, 0.2) is 41.3 Å². The zero-order valence-electron chi connectivity index (χ0n) is 17.0. The molecule has 0 aromatic heterocycles. The van der Waals surface area contributed by atoms with Gasteiger partial charge in [-0.3, -0.25) is 0 Å². The van der Waals surface area contributed by atoms with Gasteiger partial charge in [-0.15, -0.1) is 0 Å². The molecular weight excluding hydrogens is 415 g/mol. The van der Waals surface area contributed by atoms with Crippen LogP contribution in [-0.4, -0.2) is 27.2 Å². The summed E-state index contributed by atoms with van der Waals surface area (Å²) in [6.45, 7) is 4.22. The predicted octanol–water partition coefficient (Wildman–Crippen LogP) is 4.39. The van der Waals surface area contributed by atoms with Gasteiger partial charge in [0.25, 0.3) is 0 Å². The fourth-order valence-corrected chi connectivity index (χ4v) is 5.05. The molecule has 0 aliphatic rings. The Hall–Kier alpha value is -2.57. The Labute approximate surface area is 175 Å². The molecule has 0 fully saturated rings. The fourth-order valence-electron chi connectivity index (χ4n) is 3.37. The van der Waals surface area contributed by atoms with Crippen LogP contribution in [0.2, 0.25) is 0 Å². The number of halogens is 3. The number of hydrogen-bond donors (Lipinski definition) is 2. The van der Waals surface area contributed by atoms with Gasteiger partial charge in [-0.1, -0.05) is 35.9 Å². The molecule has 9 heteroatoms. The molecule has 1 atom stereocenters. The number of rotatable bonds is 8. The summed E-state index contributed by atoms with van der Waals surface area (Å²) in [6, 6.07) is 9.60. The number of benzene rings is 2. The maximum Gasteiger partial charge on any atom is 0.406 e. The van der Waals surface area contributed by atoms with Crippen molar-refractivity contribution in [3.63, 3.8) is 0 Å². The number of nitrogens with zero attached hydrogens (tertiary/aromatic N) is 1. The van der Waals surface area contributed by atoms with E-state index in [1.807, 2.05) is 10.8 Å². The number of aryl methyl sites for hydroxylation is 4. The highest BCUT2D eigenvalue weighted by molar-refractivity contribution is 7.89. The Morgan fingerprint density at radius 2 is 1.70 bits per heavy atom. The minimum Gasteiger partial charge on any atom is -0.383 e. The average Bonchev–Trinajstić information content (AvgIpc) is 2.62. The summed E-state index contributed by atoms with van der Waals surface area (Å²) in [6.07, 6.45) is -4.20. The molecule has 30 heavy (non-hydrogen) atoms. The molecule has 0 saturated heterocycles. The van der Waals surface area contributed by atoms with Crippen molar-refractivity contribution in [2.75, 3.05) is 11.9 Å². The molecule has 0 radical (unpaired) electrons. The van der Waals surface area contributed by atoms with Crippen molar-refractivity contribution in [1.82, 2.24) is 4.72 Å². The van der Waals surface area contributed by atoms with E-state index in [1.165, 1.54) is 0 Å². The van der Waals surface area contributed by atoms with Crippen LogP contribution in [0.3, 0.4) is 0 Å². The lowest BCUT2D eigenvalue weighted by Gasteiger charge is -2.24. The van der Waals surface area contributed by atoms with Crippen LogP contribution < -0.4 is 10.0 Å². The molecule has 2 aromatic rings. The second-order valence-electron chi connectivity index (χ2n) is 7.14. The van der Waals surface area contributed by atoms with E-state index in [1.54, 1.807) is 57.2 Å². The zero-order valence-corrected chi connectivity index (χ0v) is 17.8. The first-order valence-electron chi connectivity index (χ1n) is 9.31. The number of nitrogens with one attached hydrogen (secondary N) is 2. The quantitative estimate of drug-likeness (QED) is 0.639. The second kappa shape index (κ2) is 9.49. The summed E-state index contributed by atoms with van der Waals surface area (Å²) >= 11 is 0. The van der Waals surface area contributed by atoms with Gasteiger partial charge in [-0.05, 0) is 49.9 Å². The lowest BCUT2D eigenvalue weighted by atomic mass is 10.1. The maximum absolute atomic E-state index is 13.6. The fraction of sp³-hybridized carbons (Fsp3) is 0.381. The van der Waals surface area contributed by atoms with Gasteiger partial charge in [-0.2, -0.15) is 23.2 Å². The van der Waals surface area contributed by atoms with Gasteiger partial charge in [0.1, 0.15) is 6.04 Å². The number of hydrogen-bond acceptors (Lipinski definition) is 4. The van der Waals surface area contributed by atoms with Crippen LogP contribution in [0, 0.1) is 32.1 Å². The van der Waals surface area contributed by atoms with Crippen LogP contribution in [-0.2, 0) is 16.4 Å². The highest BCUT2D eigenvalue weighted by Crippen LogP contribution is 2.26. The first kappa shape index (κ1) is 23.7. The van der Waals surface area contributed by atoms with Crippen molar-refractivity contribution in [3.05, 3.63) is 58.7 Å². The highest BCUT2D eigenvalue weighted by atomic mass is 32.2. The molecule has 2 aromatic carbocycles. The van der Waals surface area contributed by atoms with E-state index in [-0.39, 0.29) is 11.3 Å². The number of para-hydroxylation sites is 1. The van der Waals surface area contributed by atoms with Gasteiger partial charge in [0.15, 0.2) is 0 Å².